The second kappa shape index (κ2) is 8.54. The van der Waals surface area contributed by atoms with Gasteiger partial charge in [0.2, 0.25) is 0 Å². The molecule has 0 heterocycles. The van der Waals surface area contributed by atoms with Crippen LogP contribution in [0.3, 0.4) is 0 Å². The molecule has 0 fully saturated rings. The van der Waals surface area contributed by atoms with Gasteiger partial charge in [0.1, 0.15) is 0 Å². The molecule has 0 saturated heterocycles. The molecule has 1 atom stereocenters. The molecule has 3 nitrogen and oxygen atoms in total. The first-order chi connectivity index (χ1) is 10.2. The van der Waals surface area contributed by atoms with Crippen LogP contribution >= 0.6 is 16.5 Å². The molecule has 10 heteroatoms. The van der Waals surface area contributed by atoms with Crippen molar-refractivity contribution in [3.8, 4) is 0 Å². The number of hydrogen-bond acceptors (Lipinski definition) is 4. The van der Waals surface area contributed by atoms with E-state index >= 15 is 0 Å². The third kappa shape index (κ3) is 6.22. The summed E-state index contributed by atoms with van der Waals surface area (Å²) in [6.07, 6.45) is 2.29. The van der Waals surface area contributed by atoms with E-state index in [0.29, 0.717) is 19.7 Å². The van der Waals surface area contributed by atoms with Crippen molar-refractivity contribution < 1.29 is 26.1 Å². The molecule has 1 aromatic rings. The summed E-state index contributed by atoms with van der Waals surface area (Å²) >= 11 is 2.82. The van der Waals surface area contributed by atoms with E-state index in [2.05, 4.69) is 74.6 Å². The summed E-state index contributed by atoms with van der Waals surface area (Å²) in [4.78, 5) is 0. The van der Waals surface area contributed by atoms with Crippen molar-refractivity contribution in [2.24, 2.45) is 0 Å². The van der Waals surface area contributed by atoms with Crippen LogP contribution in [0.2, 0.25) is 5.82 Å². The first kappa shape index (κ1) is 23.2. The summed E-state index contributed by atoms with van der Waals surface area (Å²) in [7, 11) is -6.09. The molecule has 1 aromatic carbocycles. The first-order valence-corrected chi connectivity index (χ1v) is 15.3. The standard InChI is InChI=1S/C12H20PSSe.CHF3O3S/c1-12(2,3)13(14-4,15-5)11-9-7-6-8-10-11;2-1(3,4)8(5,6)7/h6-10H,1-5H3;(H,5,6,7)/q+1;/p-1. The largest absolute Gasteiger partial charge is 0.741 e. The fourth-order valence-electron chi connectivity index (χ4n) is 1.84. The number of benzene rings is 1. The van der Waals surface area contributed by atoms with Gasteiger partial charge in [-0.1, -0.05) is 0 Å². The molecule has 0 spiro atoms. The Morgan fingerprint density at radius 1 is 1.13 bits per heavy atom. The van der Waals surface area contributed by atoms with E-state index in [1.54, 1.807) is 5.30 Å². The Morgan fingerprint density at radius 2 is 1.52 bits per heavy atom. The van der Waals surface area contributed by atoms with Crippen molar-refractivity contribution in [2.75, 3.05) is 6.26 Å². The molecule has 134 valence electrons. The Balaban J connectivity index is 0.000000515. The van der Waals surface area contributed by atoms with E-state index in [1.165, 1.54) is 0 Å². The van der Waals surface area contributed by atoms with Crippen LogP contribution < -0.4 is 5.30 Å². The van der Waals surface area contributed by atoms with Crippen LogP contribution in [0.5, 0.6) is 0 Å². The van der Waals surface area contributed by atoms with E-state index in [4.69, 9.17) is 13.0 Å². The molecule has 0 aromatic heterocycles. The van der Waals surface area contributed by atoms with E-state index in [-0.39, 0.29) is 0 Å². The third-order valence-electron chi connectivity index (χ3n) is 2.78. The summed E-state index contributed by atoms with van der Waals surface area (Å²) in [5.74, 6) is 2.40. The molecule has 0 bridgehead atoms. The Bertz CT molecular complexity index is 583. The quantitative estimate of drug-likeness (QED) is 0.298. The third-order valence-corrected chi connectivity index (χ3v) is 24.1. The predicted octanol–water partition coefficient (Wildman–Crippen LogP) is 4.12. The number of rotatable bonds is 3. The van der Waals surface area contributed by atoms with Gasteiger partial charge in [0.15, 0.2) is 10.1 Å². The minimum absolute atomic E-state index is 0.419. The second-order valence-electron chi connectivity index (χ2n) is 5.32. The average Bonchev–Trinajstić information content (AvgIpc) is 2.39. The van der Waals surface area contributed by atoms with Gasteiger partial charge in [-0.25, -0.2) is 8.42 Å². The molecular formula is C13H20F3O3PS2Se. The molecule has 0 saturated carbocycles. The molecule has 1 unspecified atom stereocenters. The molecular weight excluding hydrogens is 435 g/mol. The molecule has 0 radical (unpaired) electrons. The first-order valence-electron chi connectivity index (χ1n) is 6.31. The minimum atomic E-state index is -6.09. The second-order valence-corrected chi connectivity index (χ2v) is 20.4. The van der Waals surface area contributed by atoms with Crippen LogP contribution in [0.25, 0.3) is 0 Å². The molecule has 0 amide bonds. The average molecular weight is 455 g/mol. The van der Waals surface area contributed by atoms with Crippen LogP contribution in [0.1, 0.15) is 20.8 Å². The van der Waals surface area contributed by atoms with Crippen molar-refractivity contribution in [1.29, 1.82) is 0 Å². The summed E-state index contributed by atoms with van der Waals surface area (Å²) in [5, 5.41) is 0.994. The van der Waals surface area contributed by atoms with Gasteiger partial charge in [0.05, 0.1) is 0 Å². The Morgan fingerprint density at radius 3 is 1.74 bits per heavy atom. The minimum Gasteiger partial charge on any atom is -0.741 e. The molecule has 0 aliphatic carbocycles. The predicted molar refractivity (Wildman–Crippen MR) is 93.6 cm³/mol. The summed E-state index contributed by atoms with van der Waals surface area (Å²) in [6, 6.07) is 11.1. The van der Waals surface area contributed by atoms with Crippen molar-refractivity contribution in [2.45, 2.75) is 37.3 Å². The fraction of sp³-hybridized carbons (Fsp3) is 0.538. The van der Waals surface area contributed by atoms with Gasteiger partial charge in [-0.2, -0.15) is 13.2 Å². The van der Waals surface area contributed by atoms with Crippen LogP contribution in [0, 0.1) is 0 Å². The van der Waals surface area contributed by atoms with Gasteiger partial charge in [0, 0.05) is 0 Å². The van der Waals surface area contributed by atoms with E-state index in [1.807, 2.05) is 0 Å². The van der Waals surface area contributed by atoms with Gasteiger partial charge in [-0.05, 0) is 0 Å². The number of halogens is 3. The van der Waals surface area contributed by atoms with Gasteiger partial charge in [0.25, 0.3) is 0 Å². The van der Waals surface area contributed by atoms with Crippen LogP contribution in [-0.2, 0) is 10.1 Å². The maximum atomic E-state index is 10.7. The van der Waals surface area contributed by atoms with Crippen molar-refractivity contribution in [3.05, 3.63) is 30.3 Å². The Hall–Kier alpha value is 0.219. The zero-order chi connectivity index (χ0) is 18.5. The zero-order valence-electron chi connectivity index (χ0n) is 13.4. The molecule has 1 rings (SSSR count). The van der Waals surface area contributed by atoms with Crippen LogP contribution in [0.4, 0.5) is 13.2 Å². The summed E-state index contributed by atoms with van der Waals surface area (Å²) < 4.78 is 58.9. The Kier molecular flexibility index (Phi) is 8.63. The van der Waals surface area contributed by atoms with Gasteiger partial charge >= 0.3 is 110 Å². The zero-order valence-corrected chi connectivity index (χ0v) is 17.7. The molecule has 0 aliphatic rings. The summed E-state index contributed by atoms with van der Waals surface area (Å²) in [5.41, 5.74) is -5.65. The van der Waals surface area contributed by atoms with E-state index in [9.17, 15) is 13.2 Å². The van der Waals surface area contributed by atoms with Gasteiger partial charge in [-0.3, -0.25) is 0 Å². The maximum Gasteiger partial charge on any atom is 0.485 e. The number of hydrogen-bond donors (Lipinski definition) is 0. The summed E-state index contributed by atoms with van der Waals surface area (Å²) in [6.45, 7) is 7.20. The van der Waals surface area contributed by atoms with E-state index < -0.39 is 20.8 Å². The van der Waals surface area contributed by atoms with Crippen molar-refractivity contribution >= 4 is 46.5 Å². The molecule has 0 N–H and O–H groups in total. The van der Waals surface area contributed by atoms with Gasteiger partial charge < -0.3 is 4.55 Å². The Labute approximate surface area is 146 Å². The molecule has 23 heavy (non-hydrogen) atoms. The molecule has 0 aliphatic heterocycles. The van der Waals surface area contributed by atoms with Gasteiger partial charge in [-0.15, -0.1) is 0 Å². The monoisotopic (exact) mass is 456 g/mol. The van der Waals surface area contributed by atoms with E-state index in [0.717, 1.165) is 0 Å². The van der Waals surface area contributed by atoms with Crippen molar-refractivity contribution in [3.63, 3.8) is 0 Å². The van der Waals surface area contributed by atoms with Crippen LogP contribution in [-0.4, -0.2) is 44.4 Å². The normalized spacial score (nSPS) is 15.3. The maximum absolute atomic E-state index is 10.7. The van der Waals surface area contributed by atoms with Crippen molar-refractivity contribution in [1.82, 2.24) is 0 Å². The SMILES string of the molecule is CS[P+]([Se]C)(c1ccccc1)C(C)(C)C.O=S(=O)([O-])C(F)(F)F. The fourth-order valence-corrected chi connectivity index (χ4v) is 16.3. The smallest absolute Gasteiger partial charge is 0.485 e. The topological polar surface area (TPSA) is 57.2 Å². The van der Waals surface area contributed by atoms with Crippen LogP contribution in [0.15, 0.2) is 30.3 Å². The number of alkyl halides is 3.